The summed E-state index contributed by atoms with van der Waals surface area (Å²) in [6, 6.07) is 10.8. The summed E-state index contributed by atoms with van der Waals surface area (Å²) >= 11 is 0. The zero-order valence-corrected chi connectivity index (χ0v) is 13.1. The van der Waals surface area contributed by atoms with E-state index in [1.165, 1.54) is 18.2 Å². The normalized spacial score (nSPS) is 20.0. The van der Waals surface area contributed by atoms with Crippen LogP contribution in [0.5, 0.6) is 11.5 Å². The van der Waals surface area contributed by atoms with Gasteiger partial charge in [0.2, 0.25) is 18.6 Å². The lowest BCUT2D eigenvalue weighted by molar-refractivity contribution is -0.122. The van der Waals surface area contributed by atoms with Crippen LogP contribution in [0.2, 0.25) is 0 Å². The molecule has 2 atom stereocenters. The lowest BCUT2D eigenvalue weighted by Gasteiger charge is -2.07. The van der Waals surface area contributed by atoms with Gasteiger partial charge >= 0.3 is 0 Å². The Morgan fingerprint density at radius 1 is 0.920 bits per heavy atom. The first kappa shape index (κ1) is 15.4. The minimum absolute atomic E-state index is 0.164. The summed E-state index contributed by atoms with van der Waals surface area (Å²) in [5.74, 6) is -0.512. The highest BCUT2D eigenvalue weighted by Gasteiger charge is 2.48. The monoisotopic (exact) mass is 342 g/mol. The summed E-state index contributed by atoms with van der Waals surface area (Å²) in [6.45, 7) is 0.164. The fraction of sp³-hybridized carbons (Fsp3) is 0.222. The SMILES string of the molecule is O=C(Nc1cccc(F)c1)C1CC1C(=O)Nc1ccc2c(c1)OCO2. The van der Waals surface area contributed by atoms with Gasteiger partial charge < -0.3 is 20.1 Å². The summed E-state index contributed by atoms with van der Waals surface area (Å²) in [5.41, 5.74) is 0.970. The third-order valence-electron chi connectivity index (χ3n) is 4.20. The molecular formula is C18H15FN2O4. The van der Waals surface area contributed by atoms with E-state index in [-0.39, 0.29) is 24.5 Å². The molecule has 4 rings (SSSR count). The Labute approximate surface area is 142 Å². The quantitative estimate of drug-likeness (QED) is 0.896. The molecule has 7 heteroatoms. The third kappa shape index (κ3) is 3.26. The first-order valence-electron chi connectivity index (χ1n) is 7.87. The van der Waals surface area contributed by atoms with Crippen molar-refractivity contribution >= 4 is 23.2 Å². The molecule has 2 N–H and O–H groups in total. The molecule has 1 fully saturated rings. The molecule has 2 unspecified atom stereocenters. The first-order valence-corrected chi connectivity index (χ1v) is 7.87. The maximum atomic E-state index is 13.1. The predicted molar refractivity (Wildman–Crippen MR) is 87.8 cm³/mol. The van der Waals surface area contributed by atoms with Gasteiger partial charge in [0, 0.05) is 17.4 Å². The smallest absolute Gasteiger partial charge is 0.231 e. The Bertz CT molecular complexity index is 855. The maximum absolute atomic E-state index is 13.1. The number of amides is 2. The Hall–Kier alpha value is -3.09. The van der Waals surface area contributed by atoms with Gasteiger partial charge in [-0.25, -0.2) is 4.39 Å². The number of fused-ring (bicyclic) bond motifs is 1. The Morgan fingerprint density at radius 3 is 2.32 bits per heavy atom. The molecule has 128 valence electrons. The van der Waals surface area contributed by atoms with E-state index in [0.717, 1.165) is 0 Å². The average Bonchev–Trinajstić information content (AvgIpc) is 3.26. The van der Waals surface area contributed by atoms with Crippen LogP contribution in [0.15, 0.2) is 42.5 Å². The standard InChI is InChI=1S/C18H15FN2O4/c19-10-2-1-3-11(6-10)20-17(22)13-8-14(13)18(23)21-12-4-5-15-16(7-12)25-9-24-15/h1-7,13-14H,8-9H2,(H,20,22)(H,21,23). The van der Waals surface area contributed by atoms with Crippen molar-refractivity contribution in [1.29, 1.82) is 0 Å². The number of hydrogen-bond acceptors (Lipinski definition) is 4. The van der Waals surface area contributed by atoms with Gasteiger partial charge in [-0.1, -0.05) is 6.07 Å². The van der Waals surface area contributed by atoms with Crippen LogP contribution in [0.4, 0.5) is 15.8 Å². The Balaban J connectivity index is 1.34. The molecule has 25 heavy (non-hydrogen) atoms. The number of halogens is 1. The third-order valence-corrected chi connectivity index (χ3v) is 4.20. The number of carbonyl (C=O) groups excluding carboxylic acids is 2. The molecule has 2 aliphatic rings. The highest BCUT2D eigenvalue weighted by Crippen LogP contribution is 2.41. The number of hydrogen-bond donors (Lipinski definition) is 2. The molecule has 1 aliphatic carbocycles. The number of rotatable bonds is 4. The molecule has 1 heterocycles. The van der Waals surface area contributed by atoms with Crippen LogP contribution in [0.25, 0.3) is 0 Å². The molecule has 2 amide bonds. The molecule has 0 saturated heterocycles. The van der Waals surface area contributed by atoms with Gasteiger partial charge in [0.15, 0.2) is 11.5 Å². The van der Waals surface area contributed by atoms with Gasteiger partial charge in [-0.3, -0.25) is 9.59 Å². The van der Waals surface area contributed by atoms with E-state index < -0.39 is 11.7 Å². The Kier molecular flexibility index (Phi) is 3.76. The van der Waals surface area contributed by atoms with E-state index >= 15 is 0 Å². The molecule has 1 aliphatic heterocycles. The summed E-state index contributed by atoms with van der Waals surface area (Å²) < 4.78 is 23.6. The van der Waals surface area contributed by atoms with Gasteiger partial charge in [-0.2, -0.15) is 0 Å². The molecular weight excluding hydrogens is 327 g/mol. The second kappa shape index (κ2) is 6.08. The molecule has 0 spiro atoms. The van der Waals surface area contributed by atoms with Crippen LogP contribution in [-0.4, -0.2) is 18.6 Å². The lowest BCUT2D eigenvalue weighted by Crippen LogP contribution is -2.20. The van der Waals surface area contributed by atoms with Crippen molar-refractivity contribution in [1.82, 2.24) is 0 Å². The van der Waals surface area contributed by atoms with Crippen molar-refractivity contribution in [3.63, 3.8) is 0 Å². The van der Waals surface area contributed by atoms with Gasteiger partial charge in [0.05, 0.1) is 11.8 Å². The minimum atomic E-state index is -0.425. The largest absolute Gasteiger partial charge is 0.454 e. The number of nitrogens with one attached hydrogen (secondary N) is 2. The van der Waals surface area contributed by atoms with Gasteiger partial charge in [0.1, 0.15) is 5.82 Å². The summed E-state index contributed by atoms with van der Waals surface area (Å²) in [5, 5.41) is 5.41. The second-order valence-electron chi connectivity index (χ2n) is 6.01. The number of benzene rings is 2. The van der Waals surface area contributed by atoms with Crippen molar-refractivity contribution in [2.45, 2.75) is 6.42 Å². The van der Waals surface area contributed by atoms with Crippen LogP contribution >= 0.6 is 0 Å². The lowest BCUT2D eigenvalue weighted by atomic mass is 10.2. The van der Waals surface area contributed by atoms with Crippen LogP contribution in [0.1, 0.15) is 6.42 Å². The molecule has 0 radical (unpaired) electrons. The van der Waals surface area contributed by atoms with Crippen molar-refractivity contribution in [2.75, 3.05) is 17.4 Å². The first-order chi connectivity index (χ1) is 12.1. The number of anilines is 2. The van der Waals surface area contributed by atoms with Gasteiger partial charge in [0.25, 0.3) is 0 Å². The summed E-state index contributed by atoms with van der Waals surface area (Å²) in [4.78, 5) is 24.4. The zero-order chi connectivity index (χ0) is 17.4. The fourth-order valence-electron chi connectivity index (χ4n) is 2.78. The van der Waals surface area contributed by atoms with E-state index in [0.29, 0.717) is 29.3 Å². The van der Waals surface area contributed by atoms with Crippen molar-refractivity contribution in [2.24, 2.45) is 11.8 Å². The van der Waals surface area contributed by atoms with Crippen LogP contribution in [-0.2, 0) is 9.59 Å². The van der Waals surface area contributed by atoms with Crippen LogP contribution < -0.4 is 20.1 Å². The molecule has 6 nitrogen and oxygen atoms in total. The second-order valence-corrected chi connectivity index (χ2v) is 6.01. The zero-order valence-electron chi connectivity index (χ0n) is 13.1. The summed E-state index contributed by atoms with van der Waals surface area (Å²) in [6.07, 6.45) is 0.470. The van der Waals surface area contributed by atoms with Crippen molar-refractivity contribution in [3.8, 4) is 11.5 Å². The topological polar surface area (TPSA) is 76.7 Å². The van der Waals surface area contributed by atoms with E-state index in [4.69, 9.17) is 9.47 Å². The molecule has 0 bridgehead atoms. The maximum Gasteiger partial charge on any atom is 0.231 e. The molecule has 2 aromatic carbocycles. The fourth-order valence-corrected chi connectivity index (χ4v) is 2.78. The predicted octanol–water partition coefficient (Wildman–Crippen LogP) is 2.77. The van der Waals surface area contributed by atoms with Gasteiger partial charge in [-0.05, 0) is 36.8 Å². The average molecular weight is 342 g/mol. The molecule has 1 saturated carbocycles. The number of ether oxygens (including phenoxy) is 2. The van der Waals surface area contributed by atoms with E-state index in [1.54, 1.807) is 24.3 Å². The Morgan fingerprint density at radius 2 is 1.60 bits per heavy atom. The van der Waals surface area contributed by atoms with Crippen LogP contribution in [0.3, 0.4) is 0 Å². The number of carbonyl (C=O) groups is 2. The molecule has 2 aromatic rings. The van der Waals surface area contributed by atoms with E-state index in [9.17, 15) is 14.0 Å². The van der Waals surface area contributed by atoms with Gasteiger partial charge in [-0.15, -0.1) is 0 Å². The van der Waals surface area contributed by atoms with Crippen molar-refractivity contribution < 1.29 is 23.5 Å². The van der Waals surface area contributed by atoms with E-state index in [1.807, 2.05) is 0 Å². The van der Waals surface area contributed by atoms with Crippen LogP contribution in [0, 0.1) is 17.7 Å². The highest BCUT2D eigenvalue weighted by atomic mass is 19.1. The molecule has 0 aromatic heterocycles. The van der Waals surface area contributed by atoms with E-state index in [2.05, 4.69) is 10.6 Å². The highest BCUT2D eigenvalue weighted by molar-refractivity contribution is 6.03. The van der Waals surface area contributed by atoms with Crippen molar-refractivity contribution in [3.05, 3.63) is 48.3 Å². The summed E-state index contributed by atoms with van der Waals surface area (Å²) in [7, 11) is 0. The minimum Gasteiger partial charge on any atom is -0.454 e.